The predicted molar refractivity (Wildman–Crippen MR) is 274 cm³/mol. The van der Waals surface area contributed by atoms with Crippen LogP contribution in [-0.2, 0) is 0 Å². The summed E-state index contributed by atoms with van der Waals surface area (Å²) in [5, 5.41) is 17.3. The lowest BCUT2D eigenvalue weighted by Crippen LogP contribution is -2.19. The van der Waals surface area contributed by atoms with E-state index in [0.717, 1.165) is 45.6 Å². The molecule has 0 saturated heterocycles. The molecule has 0 saturated carbocycles. The van der Waals surface area contributed by atoms with Crippen LogP contribution in [0, 0.1) is 69.2 Å². The fourth-order valence-corrected chi connectivity index (χ4v) is 5.38. The Morgan fingerprint density at radius 1 is 0.394 bits per heavy atom. The van der Waals surface area contributed by atoms with Crippen molar-refractivity contribution in [3.05, 3.63) is 162 Å². The topological polar surface area (TPSA) is 145 Å². The Kier molecular flexibility index (Phi) is 25.0. The molecule has 0 spiro atoms. The molecule has 0 fully saturated rings. The molecule has 0 aromatic carbocycles. The van der Waals surface area contributed by atoms with E-state index < -0.39 is 0 Å². The molecule has 0 radical (unpaired) electrons. The van der Waals surface area contributed by atoms with Gasteiger partial charge in [-0.05, 0) is 162 Å². The summed E-state index contributed by atoms with van der Waals surface area (Å²) in [7, 11) is 0. The van der Waals surface area contributed by atoms with Crippen LogP contribution in [0.1, 0.15) is 209 Å². The van der Waals surface area contributed by atoms with Crippen molar-refractivity contribution in [1.29, 1.82) is 0 Å². The van der Waals surface area contributed by atoms with E-state index in [1.165, 1.54) is 45.1 Å². The van der Waals surface area contributed by atoms with Gasteiger partial charge in [0.05, 0.1) is 34.2 Å². The average Bonchev–Trinajstić information content (AvgIpc) is 3.24. The van der Waals surface area contributed by atoms with Gasteiger partial charge in [-0.3, -0.25) is 24.7 Å². The smallest absolute Gasteiger partial charge is 0.283 e. The summed E-state index contributed by atoms with van der Waals surface area (Å²) in [5.74, 6) is 3.75. The highest BCUT2D eigenvalue weighted by Gasteiger charge is 2.06. The first-order chi connectivity index (χ1) is 30.7. The van der Waals surface area contributed by atoms with Crippen LogP contribution in [0.2, 0.25) is 0 Å². The molecule has 0 unspecified atom stereocenters. The molecule has 0 amide bonds. The summed E-state index contributed by atoms with van der Waals surface area (Å²) in [6.45, 7) is 45.5. The van der Waals surface area contributed by atoms with Crippen LogP contribution in [0.15, 0.2) is 66.1 Å². The van der Waals surface area contributed by atoms with Crippen molar-refractivity contribution >= 4 is 0 Å². The van der Waals surface area contributed by atoms with E-state index in [4.69, 9.17) is 5.21 Å². The molecular formula is C55H83N9O2. The van der Waals surface area contributed by atoms with Crippen LogP contribution >= 0.6 is 0 Å². The van der Waals surface area contributed by atoms with E-state index in [9.17, 15) is 4.79 Å². The molecule has 6 aromatic rings. The van der Waals surface area contributed by atoms with Gasteiger partial charge < -0.3 is 5.21 Å². The minimum absolute atomic E-state index is 0.317. The molecule has 66 heavy (non-hydrogen) atoms. The van der Waals surface area contributed by atoms with E-state index >= 15 is 0 Å². The number of pyridine rings is 3. The maximum Gasteiger partial charge on any atom is 0.283 e. The van der Waals surface area contributed by atoms with E-state index in [-0.39, 0.29) is 5.56 Å². The minimum Gasteiger partial charge on any atom is -0.425 e. The number of hydrogen-bond donors (Lipinski definition) is 1. The molecule has 0 aliphatic rings. The first-order valence-corrected chi connectivity index (χ1v) is 23.3. The van der Waals surface area contributed by atoms with E-state index in [1.54, 1.807) is 6.92 Å². The fraction of sp³-hybridized carbons (Fsp3) is 0.509. The summed E-state index contributed by atoms with van der Waals surface area (Å²) in [6.07, 6.45) is 9.53. The maximum atomic E-state index is 11.1. The number of aromatic nitrogens is 9. The van der Waals surface area contributed by atoms with Crippen LogP contribution in [0.3, 0.4) is 0 Å². The van der Waals surface area contributed by atoms with Crippen molar-refractivity contribution < 1.29 is 5.21 Å². The monoisotopic (exact) mass is 902 g/mol. The van der Waals surface area contributed by atoms with Gasteiger partial charge in [-0.2, -0.15) is 14.9 Å². The van der Waals surface area contributed by atoms with Gasteiger partial charge in [0.15, 0.2) is 0 Å². The van der Waals surface area contributed by atoms with Gasteiger partial charge in [0.25, 0.3) is 5.56 Å². The first kappa shape index (κ1) is 58.3. The molecular weight excluding hydrogens is 819 g/mol. The van der Waals surface area contributed by atoms with E-state index in [2.05, 4.69) is 155 Å². The van der Waals surface area contributed by atoms with E-state index in [1.807, 2.05) is 85.5 Å². The standard InChI is InChI=1S/2C10H15N.2C9H14N2.C9H13NO2.C8H12N2/c1-7(2)10-5-8(3)9(4)11-6-10;1-7(2)10-5-8(3)9(4)6-11-10;1-6(2)9-5-10-7(3)8(4)11-9;1-6(2)9-5-7(3)8(4)10-11-9;1-6(2)8-4-7(3)10(12)9(11)5-8;1-6(2)8-4-9-7(3)10-5-8/h2*5-7H,1-4H3;2*5-6H,1-4H3;4-6,12H,1-3H3;4-6H,1-3H3. The van der Waals surface area contributed by atoms with Crippen molar-refractivity contribution in [1.82, 2.24) is 44.8 Å². The highest BCUT2D eigenvalue weighted by molar-refractivity contribution is 5.26. The molecule has 0 aliphatic heterocycles. The SMILES string of the molecule is Cc1cc(C(C)C)cc(=O)n1O.Cc1cc(C(C)C)cnc1C.Cc1cc(C(C)C)nnc1C.Cc1cnc(C(C)C)cc1C.Cc1ncc(C(C)C)cn1.Cc1ncc(C(C)C)nc1C. The maximum absolute atomic E-state index is 11.1. The average molecular weight is 902 g/mol. The van der Waals surface area contributed by atoms with Crippen LogP contribution in [0.5, 0.6) is 0 Å². The Morgan fingerprint density at radius 3 is 1.32 bits per heavy atom. The molecule has 6 heterocycles. The molecule has 11 nitrogen and oxygen atoms in total. The molecule has 6 aromatic heterocycles. The summed E-state index contributed by atoms with van der Waals surface area (Å²) in [4.78, 5) is 36.5. The summed E-state index contributed by atoms with van der Waals surface area (Å²) in [5.41, 5.74) is 16.4. The Bertz CT molecular complexity index is 2210. The van der Waals surface area contributed by atoms with Crippen LogP contribution in [0.4, 0.5) is 0 Å². The van der Waals surface area contributed by atoms with Gasteiger partial charge in [-0.15, -0.1) is 0 Å². The molecule has 0 aliphatic carbocycles. The summed E-state index contributed by atoms with van der Waals surface area (Å²) in [6, 6.07) is 9.75. The minimum atomic E-state index is -0.362. The van der Waals surface area contributed by atoms with Gasteiger partial charge in [-0.1, -0.05) is 89.2 Å². The Balaban J connectivity index is 0.000000396. The normalized spacial score (nSPS) is 10.6. The fourth-order valence-electron chi connectivity index (χ4n) is 5.38. The lowest BCUT2D eigenvalue weighted by atomic mass is 10.0. The zero-order chi connectivity index (χ0) is 50.6. The Labute approximate surface area is 398 Å². The van der Waals surface area contributed by atoms with Crippen molar-refractivity contribution in [3.63, 3.8) is 0 Å². The Hall–Kier alpha value is -5.71. The third kappa shape index (κ3) is 20.6. The third-order valence-electron chi connectivity index (χ3n) is 11.0. The van der Waals surface area contributed by atoms with Gasteiger partial charge >= 0.3 is 0 Å². The van der Waals surface area contributed by atoms with Crippen LogP contribution in [-0.4, -0.2) is 50.0 Å². The Morgan fingerprint density at radius 2 is 0.879 bits per heavy atom. The molecule has 11 heteroatoms. The van der Waals surface area contributed by atoms with Crippen LogP contribution in [0.25, 0.3) is 0 Å². The lowest BCUT2D eigenvalue weighted by molar-refractivity contribution is 0.168. The van der Waals surface area contributed by atoms with Gasteiger partial charge in [0.2, 0.25) is 0 Å². The van der Waals surface area contributed by atoms with Crippen molar-refractivity contribution in [3.8, 4) is 0 Å². The van der Waals surface area contributed by atoms with Gasteiger partial charge in [0, 0.05) is 48.4 Å². The van der Waals surface area contributed by atoms with Crippen molar-refractivity contribution in [2.45, 2.75) is 188 Å². The zero-order valence-corrected chi connectivity index (χ0v) is 44.6. The number of rotatable bonds is 6. The second-order valence-electron chi connectivity index (χ2n) is 18.9. The molecule has 0 atom stereocenters. The highest BCUT2D eigenvalue weighted by atomic mass is 16.5. The number of hydrogen-bond acceptors (Lipinski definition) is 10. The van der Waals surface area contributed by atoms with Gasteiger partial charge in [-0.25, -0.2) is 9.97 Å². The second kappa shape index (κ2) is 28.4. The third-order valence-corrected chi connectivity index (χ3v) is 11.0. The summed E-state index contributed by atoms with van der Waals surface area (Å²) >= 11 is 0. The quantitative estimate of drug-likeness (QED) is 0.160. The van der Waals surface area contributed by atoms with Gasteiger partial charge in [0.1, 0.15) is 5.82 Å². The first-order valence-electron chi connectivity index (χ1n) is 23.3. The molecule has 1 N–H and O–H groups in total. The predicted octanol–water partition coefficient (Wildman–Crippen LogP) is 13.5. The van der Waals surface area contributed by atoms with E-state index in [0.29, 0.717) is 45.9 Å². The van der Waals surface area contributed by atoms with Crippen molar-refractivity contribution in [2.75, 3.05) is 0 Å². The second-order valence-corrected chi connectivity index (χ2v) is 18.9. The number of nitrogens with zero attached hydrogens (tertiary/aromatic N) is 9. The largest absolute Gasteiger partial charge is 0.425 e. The summed E-state index contributed by atoms with van der Waals surface area (Å²) < 4.78 is 0.659. The molecule has 6 rings (SSSR count). The van der Waals surface area contributed by atoms with Crippen molar-refractivity contribution in [2.24, 2.45) is 0 Å². The zero-order valence-electron chi connectivity index (χ0n) is 44.6. The highest BCUT2D eigenvalue weighted by Crippen LogP contribution is 2.17. The van der Waals surface area contributed by atoms with Crippen LogP contribution < -0.4 is 5.56 Å². The molecule has 360 valence electrons. The lowest BCUT2D eigenvalue weighted by Gasteiger charge is -2.07. The number of aryl methyl sites for hydroxylation is 10. The molecule has 0 bridgehead atoms.